The lowest BCUT2D eigenvalue weighted by molar-refractivity contribution is 0.282. The van der Waals surface area contributed by atoms with E-state index in [4.69, 9.17) is 5.26 Å². The molecule has 3 nitrogen and oxygen atoms in total. The van der Waals surface area contributed by atoms with Crippen molar-refractivity contribution in [3.63, 3.8) is 0 Å². The predicted octanol–water partition coefficient (Wildman–Crippen LogP) is 2.11. The van der Waals surface area contributed by atoms with Crippen LogP contribution in [-0.4, -0.2) is 10.1 Å². The van der Waals surface area contributed by atoms with Crippen molar-refractivity contribution in [2.45, 2.75) is 6.61 Å². The lowest BCUT2D eigenvalue weighted by atomic mass is 10.0. The van der Waals surface area contributed by atoms with Crippen molar-refractivity contribution in [1.82, 2.24) is 4.98 Å². The second kappa shape index (κ2) is 4.56. The number of pyridine rings is 1. The summed E-state index contributed by atoms with van der Waals surface area (Å²) in [4.78, 5) is 4.20. The Hall–Kier alpha value is -2.18. The van der Waals surface area contributed by atoms with Gasteiger partial charge in [0.25, 0.3) is 0 Å². The molecule has 2 rings (SSSR count). The molecule has 78 valence electrons. The van der Waals surface area contributed by atoms with E-state index in [1.807, 2.05) is 24.3 Å². The third kappa shape index (κ3) is 1.92. The van der Waals surface area contributed by atoms with E-state index in [0.29, 0.717) is 11.3 Å². The molecule has 1 heterocycles. The highest BCUT2D eigenvalue weighted by Crippen LogP contribution is 2.22. The molecular weight excluding hydrogens is 200 g/mol. The zero-order chi connectivity index (χ0) is 11.4. The summed E-state index contributed by atoms with van der Waals surface area (Å²) < 4.78 is 0. The smallest absolute Gasteiger partial charge is 0.0992 e. The summed E-state index contributed by atoms with van der Waals surface area (Å²) in [5.41, 5.74) is 2.95. The van der Waals surface area contributed by atoms with E-state index < -0.39 is 0 Å². The number of nitrogens with zero attached hydrogens (tertiary/aromatic N) is 2. The summed E-state index contributed by atoms with van der Waals surface area (Å²) in [6.07, 6.45) is 1.60. The van der Waals surface area contributed by atoms with Crippen molar-refractivity contribution in [2.24, 2.45) is 0 Å². The molecule has 1 aromatic carbocycles. The Kier molecular flexibility index (Phi) is 2.95. The minimum Gasteiger partial charge on any atom is -0.392 e. The van der Waals surface area contributed by atoms with Gasteiger partial charge in [0.2, 0.25) is 0 Å². The number of aliphatic hydroxyl groups excluding tert-OH is 1. The SMILES string of the molecule is N#Cc1ccnc(-c2ccccc2CO)c1. The fourth-order valence-corrected chi connectivity index (χ4v) is 1.56. The molecule has 0 spiro atoms. The van der Waals surface area contributed by atoms with Crippen LogP contribution in [0.5, 0.6) is 0 Å². The highest BCUT2D eigenvalue weighted by molar-refractivity contribution is 5.64. The van der Waals surface area contributed by atoms with Crippen molar-refractivity contribution < 1.29 is 5.11 Å². The van der Waals surface area contributed by atoms with Crippen LogP contribution in [0, 0.1) is 11.3 Å². The second-order valence-electron chi connectivity index (χ2n) is 3.36. The molecule has 0 radical (unpaired) electrons. The van der Waals surface area contributed by atoms with Crippen LogP contribution in [0.1, 0.15) is 11.1 Å². The highest BCUT2D eigenvalue weighted by Gasteiger charge is 2.05. The van der Waals surface area contributed by atoms with Gasteiger partial charge >= 0.3 is 0 Å². The lowest BCUT2D eigenvalue weighted by Gasteiger charge is -2.06. The van der Waals surface area contributed by atoms with E-state index in [1.54, 1.807) is 18.3 Å². The molecule has 3 heteroatoms. The molecule has 0 unspecified atom stereocenters. The van der Waals surface area contributed by atoms with Gasteiger partial charge in [-0.2, -0.15) is 5.26 Å². The molecule has 0 fully saturated rings. The Morgan fingerprint density at radius 1 is 1.25 bits per heavy atom. The molecule has 16 heavy (non-hydrogen) atoms. The number of aromatic nitrogens is 1. The summed E-state index contributed by atoms with van der Waals surface area (Å²) >= 11 is 0. The standard InChI is InChI=1S/C13H10N2O/c14-8-10-5-6-15-13(7-10)12-4-2-1-3-11(12)9-16/h1-7,16H,9H2. The molecule has 0 aliphatic rings. The molecule has 0 amide bonds. The van der Waals surface area contributed by atoms with Gasteiger partial charge in [-0.15, -0.1) is 0 Å². The Balaban J connectivity index is 2.54. The minimum atomic E-state index is -0.0331. The average Bonchev–Trinajstić information content (AvgIpc) is 2.38. The number of aliphatic hydroxyl groups is 1. The van der Waals surface area contributed by atoms with Gasteiger partial charge in [-0.1, -0.05) is 24.3 Å². The Labute approximate surface area is 93.6 Å². The van der Waals surface area contributed by atoms with Gasteiger partial charge in [0, 0.05) is 11.8 Å². The maximum absolute atomic E-state index is 9.21. The first-order valence-electron chi connectivity index (χ1n) is 4.90. The van der Waals surface area contributed by atoms with Gasteiger partial charge in [-0.25, -0.2) is 0 Å². The van der Waals surface area contributed by atoms with Gasteiger partial charge in [-0.3, -0.25) is 4.98 Å². The molecule has 0 aliphatic heterocycles. The Bertz CT molecular complexity index is 544. The van der Waals surface area contributed by atoms with Crippen LogP contribution in [0.25, 0.3) is 11.3 Å². The average molecular weight is 210 g/mol. The first kappa shape index (κ1) is 10.3. The van der Waals surface area contributed by atoms with Crippen molar-refractivity contribution >= 4 is 0 Å². The second-order valence-corrected chi connectivity index (χ2v) is 3.36. The molecule has 2 aromatic rings. The van der Waals surface area contributed by atoms with Crippen LogP contribution in [-0.2, 0) is 6.61 Å². The van der Waals surface area contributed by atoms with E-state index >= 15 is 0 Å². The largest absolute Gasteiger partial charge is 0.392 e. The third-order valence-electron chi connectivity index (χ3n) is 2.35. The topological polar surface area (TPSA) is 56.9 Å². The van der Waals surface area contributed by atoms with E-state index in [0.717, 1.165) is 11.1 Å². The van der Waals surface area contributed by atoms with E-state index in [2.05, 4.69) is 11.1 Å². The zero-order valence-corrected chi connectivity index (χ0v) is 8.59. The van der Waals surface area contributed by atoms with Gasteiger partial charge in [0.05, 0.1) is 23.9 Å². The molecule has 0 aliphatic carbocycles. The van der Waals surface area contributed by atoms with Crippen molar-refractivity contribution in [2.75, 3.05) is 0 Å². The number of nitriles is 1. The number of hydrogen-bond donors (Lipinski definition) is 1. The maximum atomic E-state index is 9.21. The van der Waals surface area contributed by atoms with Crippen molar-refractivity contribution in [1.29, 1.82) is 5.26 Å². The molecular formula is C13H10N2O. The van der Waals surface area contributed by atoms with Crippen LogP contribution in [0.2, 0.25) is 0 Å². The minimum absolute atomic E-state index is 0.0331. The highest BCUT2D eigenvalue weighted by atomic mass is 16.3. The third-order valence-corrected chi connectivity index (χ3v) is 2.35. The predicted molar refractivity (Wildman–Crippen MR) is 60.3 cm³/mol. The first-order chi connectivity index (χ1) is 7.85. The molecule has 0 bridgehead atoms. The fourth-order valence-electron chi connectivity index (χ4n) is 1.56. The summed E-state index contributed by atoms with van der Waals surface area (Å²) in [7, 11) is 0. The summed E-state index contributed by atoms with van der Waals surface area (Å²) in [6.45, 7) is -0.0331. The quantitative estimate of drug-likeness (QED) is 0.825. The van der Waals surface area contributed by atoms with Gasteiger partial charge in [0.1, 0.15) is 0 Å². The number of rotatable bonds is 2. The van der Waals surface area contributed by atoms with Gasteiger partial charge < -0.3 is 5.11 Å². The van der Waals surface area contributed by atoms with Crippen molar-refractivity contribution in [3.8, 4) is 17.3 Å². The van der Waals surface area contributed by atoms with Crippen LogP contribution in [0.3, 0.4) is 0 Å². The normalized spacial score (nSPS) is 9.75. The van der Waals surface area contributed by atoms with E-state index in [1.165, 1.54) is 0 Å². The van der Waals surface area contributed by atoms with E-state index in [-0.39, 0.29) is 6.61 Å². The number of benzene rings is 1. The van der Waals surface area contributed by atoms with Crippen molar-refractivity contribution in [3.05, 3.63) is 53.7 Å². The fraction of sp³-hybridized carbons (Fsp3) is 0.0769. The summed E-state index contributed by atoms with van der Waals surface area (Å²) in [5, 5.41) is 18.0. The van der Waals surface area contributed by atoms with Gasteiger partial charge in [0.15, 0.2) is 0 Å². The monoisotopic (exact) mass is 210 g/mol. The van der Waals surface area contributed by atoms with Crippen LogP contribution in [0.4, 0.5) is 0 Å². The maximum Gasteiger partial charge on any atom is 0.0992 e. The molecule has 0 saturated carbocycles. The van der Waals surface area contributed by atoms with Crippen LogP contribution >= 0.6 is 0 Å². The molecule has 1 aromatic heterocycles. The zero-order valence-electron chi connectivity index (χ0n) is 8.59. The van der Waals surface area contributed by atoms with Crippen LogP contribution in [0.15, 0.2) is 42.6 Å². The first-order valence-corrected chi connectivity index (χ1v) is 4.90. The lowest BCUT2D eigenvalue weighted by Crippen LogP contribution is -1.91. The Morgan fingerprint density at radius 2 is 2.06 bits per heavy atom. The van der Waals surface area contributed by atoms with Gasteiger partial charge in [-0.05, 0) is 17.7 Å². The molecule has 1 N–H and O–H groups in total. The van der Waals surface area contributed by atoms with Crippen LogP contribution < -0.4 is 0 Å². The molecule has 0 saturated heterocycles. The van der Waals surface area contributed by atoms with E-state index in [9.17, 15) is 5.11 Å². The molecule has 0 atom stereocenters. The summed E-state index contributed by atoms with van der Waals surface area (Å²) in [6, 6.07) is 12.9. The summed E-state index contributed by atoms with van der Waals surface area (Å²) in [5.74, 6) is 0. The Morgan fingerprint density at radius 3 is 2.81 bits per heavy atom. The number of hydrogen-bond acceptors (Lipinski definition) is 3.